The van der Waals surface area contributed by atoms with E-state index in [4.69, 9.17) is 18.9 Å². The molecule has 558 valence electrons. The normalized spacial score (nSPS) is 13.3. The number of fused-ring (bicyclic) bond motifs is 4. The number of methoxy groups -OCH3 is 2. The molecule has 0 atom stereocenters. The Morgan fingerprint density at radius 2 is 0.500 bits per heavy atom. The molecule has 8 amide bonds. The minimum absolute atomic E-state index is 0.0886. The second-order valence-corrected chi connectivity index (χ2v) is 28.9. The van der Waals surface area contributed by atoms with Crippen LogP contribution < -0.4 is 28.7 Å². The first-order chi connectivity index (χ1) is 53.6. The van der Waals surface area contributed by atoms with Gasteiger partial charge in [0.1, 0.15) is 34.5 Å². The summed E-state index contributed by atoms with van der Waals surface area (Å²) in [7, 11) is 6.21. The molecule has 0 aliphatic carbocycles. The molecule has 12 aromatic carbocycles. The highest BCUT2D eigenvalue weighted by molar-refractivity contribution is 6.36. The van der Waals surface area contributed by atoms with Crippen molar-refractivity contribution in [3.8, 4) is 45.6 Å². The fourth-order valence-electron chi connectivity index (χ4n) is 13.6. The van der Waals surface area contributed by atoms with Crippen molar-refractivity contribution in [2.75, 3.05) is 38.1 Å². The Morgan fingerprint density at radius 3 is 0.812 bits per heavy atom. The first kappa shape index (κ1) is 76.3. The van der Waals surface area contributed by atoms with Crippen molar-refractivity contribution in [3.63, 3.8) is 0 Å². The highest BCUT2D eigenvalue weighted by Crippen LogP contribution is 2.39. The molecular weight excluding hydrogens is 1410 g/mol. The molecule has 0 fully saturated rings. The topological polar surface area (TPSA) is 204 Å². The summed E-state index contributed by atoms with van der Waals surface area (Å²) >= 11 is 0. The van der Waals surface area contributed by atoms with Crippen LogP contribution in [0.15, 0.2) is 267 Å². The van der Waals surface area contributed by atoms with Crippen molar-refractivity contribution in [2.24, 2.45) is 0 Å². The van der Waals surface area contributed by atoms with Crippen molar-refractivity contribution < 1.29 is 62.1 Å². The van der Waals surface area contributed by atoms with Gasteiger partial charge in [-0.05, 0) is 207 Å². The summed E-state index contributed by atoms with van der Waals surface area (Å²) in [6.45, 7) is 16.9. The first-order valence-electron chi connectivity index (χ1n) is 36.3. The standard InChI is InChI=1S/C25H16N2O5.C24H16N2O4.2C23H24O2/c1-13-3-7-16(8-4-13)27-24(31)18-10-6-15(12-20(18)25(27)32)21(28)14-5-9-17-19(11-14)23(30)26(2)22(17)29;1-13-3-7-16(8-4-13)26-23(29)18-10-6-15(12-20(18)24(26)30)14-5-9-17-19(11-14)22(28)25(2)21(17)27;2*1-17-5-11-21(12-6-17)25-22-15-9-19(10-16-22)23(2,3)18-7-13-20(24-4)14-8-18/h3-12H,1-2H3;3-12H,1-2H3;2*5-16H,1-4H3. The van der Waals surface area contributed by atoms with Crippen LogP contribution in [0.2, 0.25) is 0 Å². The van der Waals surface area contributed by atoms with Gasteiger partial charge in [0.2, 0.25) is 0 Å². The maximum absolute atomic E-state index is 13.1. The molecule has 4 heterocycles. The Morgan fingerprint density at radius 1 is 0.268 bits per heavy atom. The molecule has 0 bridgehead atoms. The van der Waals surface area contributed by atoms with E-state index < -0.39 is 29.4 Å². The van der Waals surface area contributed by atoms with Crippen LogP contribution >= 0.6 is 0 Å². The average molecular weight is 1490 g/mol. The second kappa shape index (κ2) is 31.3. The molecule has 12 aromatic rings. The van der Waals surface area contributed by atoms with Gasteiger partial charge in [0.25, 0.3) is 47.3 Å². The molecule has 0 aromatic heterocycles. The van der Waals surface area contributed by atoms with Gasteiger partial charge in [-0.2, -0.15) is 0 Å². The largest absolute Gasteiger partial charge is 0.497 e. The summed E-state index contributed by atoms with van der Waals surface area (Å²) in [5.41, 5.74) is 14.2. The molecule has 4 aliphatic rings. The molecule has 112 heavy (non-hydrogen) atoms. The smallest absolute Gasteiger partial charge is 0.266 e. The van der Waals surface area contributed by atoms with Crippen LogP contribution in [0.1, 0.15) is 171 Å². The number of carbonyl (C=O) groups is 9. The Bertz CT molecular complexity index is 5570. The van der Waals surface area contributed by atoms with Crippen molar-refractivity contribution in [2.45, 2.75) is 66.2 Å². The van der Waals surface area contributed by atoms with E-state index in [0.29, 0.717) is 44.8 Å². The van der Waals surface area contributed by atoms with Crippen LogP contribution in [-0.4, -0.2) is 91.2 Å². The van der Waals surface area contributed by atoms with Crippen LogP contribution in [-0.2, 0) is 10.8 Å². The highest BCUT2D eigenvalue weighted by Gasteiger charge is 2.40. The SMILES string of the molecule is COc1ccc(C(C)(C)c2ccc(Oc3ccc(C)cc3)cc2)cc1.COc1ccc(C(C)(C)c2ccc(Oc3ccc(C)cc3)cc2)cc1.Cc1ccc(N2C(=O)c3ccc(-c4ccc5c(c4)C(=O)N(C)C5=O)cc3C2=O)cc1.Cc1ccc(N2C(=O)c3ccc(C(=O)c4ccc5c(c4)C(=O)N(C)C5=O)cc3C2=O)cc1. The van der Waals surface area contributed by atoms with Gasteiger partial charge in [0.15, 0.2) is 5.78 Å². The van der Waals surface area contributed by atoms with E-state index in [1.807, 2.05) is 111 Å². The van der Waals surface area contributed by atoms with Crippen LogP contribution in [0.5, 0.6) is 34.5 Å². The van der Waals surface area contributed by atoms with E-state index >= 15 is 0 Å². The van der Waals surface area contributed by atoms with Crippen molar-refractivity contribution >= 4 is 64.4 Å². The number of aryl methyl sites for hydroxylation is 4. The number of ketones is 1. The van der Waals surface area contributed by atoms with Crippen LogP contribution in [0, 0.1) is 27.7 Å². The monoisotopic (exact) mass is 1480 g/mol. The molecule has 0 saturated heterocycles. The van der Waals surface area contributed by atoms with E-state index in [1.54, 1.807) is 74.9 Å². The van der Waals surface area contributed by atoms with E-state index in [1.165, 1.54) is 88.8 Å². The lowest BCUT2D eigenvalue weighted by atomic mass is 9.78. The summed E-state index contributed by atoms with van der Waals surface area (Å²) in [5.74, 6) is 1.48. The molecule has 0 radical (unpaired) electrons. The molecule has 0 spiro atoms. The quantitative estimate of drug-likeness (QED) is 0.0693. The number of imide groups is 4. The van der Waals surface area contributed by atoms with Gasteiger partial charge >= 0.3 is 0 Å². The van der Waals surface area contributed by atoms with E-state index in [0.717, 1.165) is 60.3 Å². The lowest BCUT2D eigenvalue weighted by Gasteiger charge is -2.26. The zero-order chi connectivity index (χ0) is 79.6. The van der Waals surface area contributed by atoms with E-state index in [2.05, 4.69) is 114 Å². The van der Waals surface area contributed by atoms with Gasteiger partial charge in [-0.3, -0.25) is 53.0 Å². The Hall–Kier alpha value is -13.9. The van der Waals surface area contributed by atoms with E-state index in [9.17, 15) is 43.2 Å². The van der Waals surface area contributed by atoms with Gasteiger partial charge in [-0.15, -0.1) is 0 Å². The Balaban J connectivity index is 0.000000132. The lowest BCUT2D eigenvalue weighted by Crippen LogP contribution is -2.29. The molecule has 0 unspecified atom stereocenters. The summed E-state index contributed by atoms with van der Waals surface area (Å²) in [6.07, 6.45) is 0. The molecule has 4 aliphatic heterocycles. The lowest BCUT2D eigenvalue weighted by molar-refractivity contribution is 0.0677. The fourth-order valence-corrected chi connectivity index (χ4v) is 13.6. The number of hydrogen-bond donors (Lipinski definition) is 0. The highest BCUT2D eigenvalue weighted by atomic mass is 16.5. The maximum Gasteiger partial charge on any atom is 0.266 e. The first-order valence-corrected chi connectivity index (χ1v) is 36.3. The van der Waals surface area contributed by atoms with Gasteiger partial charge in [-0.1, -0.05) is 171 Å². The molecule has 0 N–H and O–H groups in total. The van der Waals surface area contributed by atoms with Gasteiger partial charge in [0.05, 0.1) is 70.1 Å². The van der Waals surface area contributed by atoms with Crippen molar-refractivity contribution in [3.05, 3.63) is 367 Å². The number of rotatable bonds is 15. The minimum Gasteiger partial charge on any atom is -0.497 e. The number of carbonyl (C=O) groups excluding carboxylic acids is 9. The number of amides is 8. The third kappa shape index (κ3) is 15.3. The van der Waals surface area contributed by atoms with Crippen LogP contribution in [0.4, 0.5) is 11.4 Å². The van der Waals surface area contributed by atoms with Gasteiger partial charge < -0.3 is 18.9 Å². The number of hydrogen-bond acceptors (Lipinski definition) is 13. The predicted molar refractivity (Wildman–Crippen MR) is 431 cm³/mol. The second-order valence-electron chi connectivity index (χ2n) is 28.9. The summed E-state index contributed by atoms with van der Waals surface area (Å²) in [6, 6.07) is 82.3. The maximum atomic E-state index is 13.1. The molecule has 17 heteroatoms. The van der Waals surface area contributed by atoms with Crippen LogP contribution in [0.3, 0.4) is 0 Å². The zero-order valence-corrected chi connectivity index (χ0v) is 64.0. The van der Waals surface area contributed by atoms with Crippen molar-refractivity contribution in [1.82, 2.24) is 9.80 Å². The zero-order valence-electron chi connectivity index (χ0n) is 64.0. The molecule has 17 nitrogen and oxygen atoms in total. The summed E-state index contributed by atoms with van der Waals surface area (Å²) in [5, 5.41) is 0. The molecular formula is C95H80N4O13. The molecule has 16 rings (SSSR count). The number of nitrogens with zero attached hydrogens (tertiary/aromatic N) is 4. The average Bonchev–Trinajstić information content (AvgIpc) is 1.63. The number of anilines is 2. The Labute approximate surface area is 649 Å². The summed E-state index contributed by atoms with van der Waals surface area (Å²) < 4.78 is 22.3. The molecule has 0 saturated carbocycles. The fraction of sp³-hybridized carbons (Fsp3) is 0.147. The predicted octanol–water partition coefficient (Wildman–Crippen LogP) is 19.2. The third-order valence-corrected chi connectivity index (χ3v) is 20.7. The third-order valence-electron chi connectivity index (χ3n) is 20.7. The van der Waals surface area contributed by atoms with Gasteiger partial charge in [-0.25, -0.2) is 9.80 Å². The van der Waals surface area contributed by atoms with Gasteiger partial charge in [0, 0.05) is 36.1 Å². The summed E-state index contributed by atoms with van der Waals surface area (Å²) in [4.78, 5) is 118. The minimum atomic E-state index is -0.500. The number of ether oxygens (including phenoxy) is 4. The Kier molecular flexibility index (Phi) is 21.3. The van der Waals surface area contributed by atoms with E-state index in [-0.39, 0.29) is 67.8 Å². The van der Waals surface area contributed by atoms with Crippen molar-refractivity contribution in [1.29, 1.82) is 0 Å². The van der Waals surface area contributed by atoms with Crippen LogP contribution in [0.25, 0.3) is 11.1 Å². The number of benzene rings is 12.